The number of rotatable bonds is 2. The van der Waals surface area contributed by atoms with E-state index in [0.29, 0.717) is 5.84 Å². The summed E-state index contributed by atoms with van der Waals surface area (Å²) >= 11 is 0. The summed E-state index contributed by atoms with van der Waals surface area (Å²) in [4.78, 5) is 6.58. The van der Waals surface area contributed by atoms with E-state index in [1.54, 1.807) is 12.3 Å². The summed E-state index contributed by atoms with van der Waals surface area (Å²) in [6, 6.07) is 8.06. The van der Waals surface area contributed by atoms with Crippen LogP contribution >= 0.6 is 0 Å². The smallest absolute Gasteiger partial charge is 0.211 e. The average Bonchev–Trinajstić information content (AvgIpc) is 2.48. The van der Waals surface area contributed by atoms with Crippen LogP contribution in [0.15, 0.2) is 41.5 Å². The third-order valence-electron chi connectivity index (χ3n) is 3.53. The van der Waals surface area contributed by atoms with Gasteiger partial charge in [-0.3, -0.25) is 5.73 Å². The van der Waals surface area contributed by atoms with E-state index in [0.717, 1.165) is 37.6 Å². The number of hydrogen-bond donors (Lipinski definition) is 3. The van der Waals surface area contributed by atoms with Crippen LogP contribution in [-0.2, 0) is 10.5 Å². The normalized spacial score (nSPS) is 26.1. The molecular weight excluding hydrogens is 254 g/mol. The van der Waals surface area contributed by atoms with Crippen LogP contribution in [-0.4, -0.2) is 32.1 Å². The van der Waals surface area contributed by atoms with Crippen molar-refractivity contribution in [1.29, 1.82) is 0 Å². The summed E-state index contributed by atoms with van der Waals surface area (Å²) in [6.45, 7) is 3.29. The maximum Gasteiger partial charge on any atom is 0.211 e. The predicted molar refractivity (Wildman–Crippen MR) is 79.2 cm³/mol. The Morgan fingerprint density at radius 1 is 1.30 bits per heavy atom. The number of morpholine rings is 1. The van der Waals surface area contributed by atoms with Gasteiger partial charge in [0.1, 0.15) is 5.84 Å². The number of aliphatic imine (C=N–C) groups is 1. The fourth-order valence-corrected chi connectivity index (χ4v) is 2.44. The van der Waals surface area contributed by atoms with Crippen LogP contribution < -0.4 is 21.7 Å². The van der Waals surface area contributed by atoms with E-state index in [9.17, 15) is 0 Å². The maximum atomic E-state index is 6.30. The van der Waals surface area contributed by atoms with Crippen molar-refractivity contribution in [2.75, 3.05) is 31.2 Å². The minimum absolute atomic E-state index is 0.419. The molecule has 6 heteroatoms. The standard InChI is InChI=1S/C14H19N5O/c15-13-4-5-17-14(16,18-13)11-2-1-3-12(10-11)19-6-8-20-9-7-19/h1-5,10,17H,6-9,16H2,(H2,15,18). The summed E-state index contributed by atoms with van der Waals surface area (Å²) in [5.74, 6) is -0.579. The Morgan fingerprint density at radius 2 is 2.10 bits per heavy atom. The quantitative estimate of drug-likeness (QED) is 0.709. The first-order chi connectivity index (χ1) is 9.67. The predicted octanol–water partition coefficient (Wildman–Crippen LogP) is 0.0663. The van der Waals surface area contributed by atoms with Crippen molar-refractivity contribution in [3.8, 4) is 0 Å². The van der Waals surface area contributed by atoms with E-state index in [1.165, 1.54) is 0 Å². The van der Waals surface area contributed by atoms with Crippen LogP contribution in [0.3, 0.4) is 0 Å². The van der Waals surface area contributed by atoms with Gasteiger partial charge < -0.3 is 20.7 Å². The summed E-state index contributed by atoms with van der Waals surface area (Å²) in [6.07, 6.45) is 3.42. The molecule has 2 aliphatic heterocycles. The van der Waals surface area contributed by atoms with Gasteiger partial charge in [-0.15, -0.1) is 0 Å². The highest BCUT2D eigenvalue weighted by Crippen LogP contribution is 2.24. The highest BCUT2D eigenvalue weighted by molar-refractivity contribution is 5.92. The Balaban J connectivity index is 1.89. The number of amidine groups is 1. The number of ether oxygens (including phenoxy) is 1. The van der Waals surface area contributed by atoms with E-state index >= 15 is 0 Å². The molecule has 0 aliphatic carbocycles. The van der Waals surface area contributed by atoms with E-state index in [-0.39, 0.29) is 0 Å². The van der Waals surface area contributed by atoms with Crippen molar-refractivity contribution >= 4 is 11.5 Å². The lowest BCUT2D eigenvalue weighted by Crippen LogP contribution is -2.49. The molecule has 1 atom stereocenters. The molecule has 0 amide bonds. The third-order valence-corrected chi connectivity index (χ3v) is 3.53. The van der Waals surface area contributed by atoms with Gasteiger partial charge >= 0.3 is 0 Å². The molecule has 1 unspecified atom stereocenters. The zero-order valence-electron chi connectivity index (χ0n) is 11.2. The van der Waals surface area contributed by atoms with Gasteiger partial charge in [0.2, 0.25) is 5.79 Å². The van der Waals surface area contributed by atoms with Gasteiger partial charge in [0.05, 0.1) is 13.2 Å². The first kappa shape index (κ1) is 13.0. The first-order valence-corrected chi connectivity index (χ1v) is 6.69. The molecule has 0 saturated carbocycles. The van der Waals surface area contributed by atoms with Gasteiger partial charge in [0.15, 0.2) is 0 Å². The van der Waals surface area contributed by atoms with Gasteiger partial charge in [-0.25, -0.2) is 4.99 Å². The minimum atomic E-state index is -0.999. The highest BCUT2D eigenvalue weighted by Gasteiger charge is 2.28. The molecule has 2 aliphatic rings. The van der Waals surface area contributed by atoms with E-state index in [4.69, 9.17) is 16.2 Å². The van der Waals surface area contributed by atoms with Crippen LogP contribution in [0.4, 0.5) is 5.69 Å². The molecule has 2 heterocycles. The topological polar surface area (TPSA) is 88.9 Å². The van der Waals surface area contributed by atoms with Crippen LogP contribution in [0.1, 0.15) is 5.56 Å². The molecular formula is C14H19N5O. The lowest BCUT2D eigenvalue weighted by atomic mass is 10.1. The average molecular weight is 273 g/mol. The van der Waals surface area contributed by atoms with Crippen LogP contribution in [0.5, 0.6) is 0 Å². The van der Waals surface area contributed by atoms with Gasteiger partial charge in [0.25, 0.3) is 0 Å². The number of hydrogen-bond acceptors (Lipinski definition) is 6. The Kier molecular flexibility index (Phi) is 3.33. The highest BCUT2D eigenvalue weighted by atomic mass is 16.5. The second-order valence-corrected chi connectivity index (χ2v) is 4.93. The van der Waals surface area contributed by atoms with Gasteiger partial charge in [-0.2, -0.15) is 0 Å². The number of anilines is 1. The van der Waals surface area contributed by atoms with Crippen molar-refractivity contribution in [3.63, 3.8) is 0 Å². The van der Waals surface area contributed by atoms with Crippen molar-refractivity contribution < 1.29 is 4.74 Å². The lowest BCUT2D eigenvalue weighted by Gasteiger charge is -2.32. The minimum Gasteiger partial charge on any atom is -0.384 e. The summed E-state index contributed by atoms with van der Waals surface area (Å²) < 4.78 is 5.38. The number of benzene rings is 1. The number of nitrogens with one attached hydrogen (secondary N) is 1. The molecule has 5 N–H and O–H groups in total. The van der Waals surface area contributed by atoms with Gasteiger partial charge in [0, 0.05) is 30.5 Å². The second kappa shape index (κ2) is 5.15. The van der Waals surface area contributed by atoms with E-state index < -0.39 is 5.79 Å². The maximum absolute atomic E-state index is 6.30. The van der Waals surface area contributed by atoms with Crippen molar-refractivity contribution in [3.05, 3.63) is 42.1 Å². The first-order valence-electron chi connectivity index (χ1n) is 6.69. The molecule has 1 fully saturated rings. The fourth-order valence-electron chi connectivity index (χ4n) is 2.44. The van der Waals surface area contributed by atoms with Gasteiger partial charge in [-0.05, 0) is 18.2 Å². The van der Waals surface area contributed by atoms with Crippen LogP contribution in [0.25, 0.3) is 0 Å². The van der Waals surface area contributed by atoms with E-state index in [1.807, 2.05) is 18.2 Å². The monoisotopic (exact) mass is 273 g/mol. The molecule has 106 valence electrons. The van der Waals surface area contributed by atoms with E-state index in [2.05, 4.69) is 21.3 Å². The fraction of sp³-hybridized carbons (Fsp3) is 0.357. The zero-order chi connectivity index (χ0) is 14.0. The Labute approximate surface area is 118 Å². The van der Waals surface area contributed by atoms with Crippen molar-refractivity contribution in [1.82, 2.24) is 5.32 Å². The Hall–Kier alpha value is -2.05. The second-order valence-electron chi connectivity index (χ2n) is 4.93. The number of nitrogens with two attached hydrogens (primary N) is 2. The number of nitrogens with zero attached hydrogens (tertiary/aromatic N) is 2. The molecule has 0 aromatic heterocycles. The summed E-state index contributed by atoms with van der Waals surface area (Å²) in [5, 5.41) is 3.06. The molecule has 0 radical (unpaired) electrons. The summed E-state index contributed by atoms with van der Waals surface area (Å²) in [5.41, 5.74) is 14.0. The zero-order valence-corrected chi connectivity index (χ0v) is 11.2. The Morgan fingerprint density at radius 3 is 2.85 bits per heavy atom. The molecule has 1 aromatic rings. The van der Waals surface area contributed by atoms with Gasteiger partial charge in [-0.1, -0.05) is 12.1 Å². The molecule has 0 spiro atoms. The van der Waals surface area contributed by atoms with Crippen LogP contribution in [0.2, 0.25) is 0 Å². The van der Waals surface area contributed by atoms with Crippen molar-refractivity contribution in [2.24, 2.45) is 16.5 Å². The largest absolute Gasteiger partial charge is 0.384 e. The Bertz CT molecular complexity index is 550. The molecule has 1 aromatic carbocycles. The van der Waals surface area contributed by atoms with Crippen molar-refractivity contribution in [2.45, 2.75) is 5.79 Å². The van der Waals surface area contributed by atoms with Crippen LogP contribution in [0, 0.1) is 0 Å². The molecule has 0 bridgehead atoms. The summed E-state index contributed by atoms with van der Waals surface area (Å²) in [7, 11) is 0. The SMILES string of the molecule is NC1=NC(N)(c2cccc(N3CCOCC3)c2)NC=C1. The molecule has 3 rings (SSSR count). The lowest BCUT2D eigenvalue weighted by molar-refractivity contribution is 0.122. The molecule has 20 heavy (non-hydrogen) atoms. The molecule has 6 nitrogen and oxygen atoms in total. The third kappa shape index (κ3) is 2.48. The molecule has 1 saturated heterocycles.